The first-order valence-electron chi connectivity index (χ1n) is 5.70. The first kappa shape index (κ1) is 13.7. The second-order valence-electron chi connectivity index (χ2n) is 3.68. The molecule has 0 aliphatic rings. The molecule has 0 saturated carbocycles. The van der Waals surface area contributed by atoms with E-state index in [9.17, 15) is 4.39 Å². The molecule has 0 radical (unpaired) electrons. The standard InChI is InChI=1S/C14H12FNO2S/c15-13-5-4-11(9-12(13)3-1-2-7-17)10-19-14-16-6-8-18-14/h4-6,8-9,17H,2,7,10H2. The molecular weight excluding hydrogens is 265 g/mol. The fraction of sp³-hybridized carbons (Fsp3) is 0.214. The molecule has 1 heterocycles. The Bertz CT molecular complexity index is 587. The molecule has 1 aromatic carbocycles. The van der Waals surface area contributed by atoms with Crippen molar-refractivity contribution in [3.63, 3.8) is 0 Å². The number of oxazole rings is 1. The van der Waals surface area contributed by atoms with Gasteiger partial charge >= 0.3 is 0 Å². The highest BCUT2D eigenvalue weighted by Gasteiger charge is 2.04. The average Bonchev–Trinajstić information content (AvgIpc) is 2.93. The van der Waals surface area contributed by atoms with Crippen molar-refractivity contribution in [1.82, 2.24) is 4.98 Å². The molecule has 0 saturated heterocycles. The first-order chi connectivity index (χ1) is 9.29. The summed E-state index contributed by atoms with van der Waals surface area (Å²) in [7, 11) is 0. The summed E-state index contributed by atoms with van der Waals surface area (Å²) < 4.78 is 18.6. The third-order valence-electron chi connectivity index (χ3n) is 2.26. The molecule has 1 aromatic heterocycles. The summed E-state index contributed by atoms with van der Waals surface area (Å²) in [4.78, 5) is 4.00. The van der Waals surface area contributed by atoms with Crippen LogP contribution in [0.4, 0.5) is 4.39 Å². The number of thioether (sulfide) groups is 1. The van der Waals surface area contributed by atoms with E-state index in [0.717, 1.165) is 5.56 Å². The lowest BCUT2D eigenvalue weighted by molar-refractivity contribution is 0.305. The third kappa shape index (κ3) is 4.12. The Labute approximate surface area is 114 Å². The molecule has 2 aromatic rings. The van der Waals surface area contributed by atoms with E-state index in [-0.39, 0.29) is 12.4 Å². The van der Waals surface area contributed by atoms with Crippen molar-refractivity contribution in [1.29, 1.82) is 0 Å². The van der Waals surface area contributed by atoms with Crippen molar-refractivity contribution in [2.45, 2.75) is 17.4 Å². The number of hydrogen-bond acceptors (Lipinski definition) is 4. The molecule has 0 atom stereocenters. The maximum absolute atomic E-state index is 13.5. The van der Waals surface area contributed by atoms with Crippen molar-refractivity contribution in [2.75, 3.05) is 6.61 Å². The summed E-state index contributed by atoms with van der Waals surface area (Å²) in [5, 5.41) is 9.22. The fourth-order valence-electron chi connectivity index (χ4n) is 1.40. The predicted molar refractivity (Wildman–Crippen MR) is 71.0 cm³/mol. The van der Waals surface area contributed by atoms with Gasteiger partial charge in [-0.3, -0.25) is 0 Å². The van der Waals surface area contributed by atoms with Crippen LogP contribution in [0.25, 0.3) is 0 Å². The van der Waals surface area contributed by atoms with Gasteiger partial charge in [-0.05, 0) is 17.7 Å². The zero-order valence-corrected chi connectivity index (χ0v) is 10.9. The van der Waals surface area contributed by atoms with Gasteiger partial charge in [0.2, 0.25) is 0 Å². The van der Waals surface area contributed by atoms with Gasteiger partial charge < -0.3 is 9.52 Å². The van der Waals surface area contributed by atoms with Crippen LogP contribution >= 0.6 is 11.8 Å². The van der Waals surface area contributed by atoms with Gasteiger partial charge in [0.25, 0.3) is 5.22 Å². The van der Waals surface area contributed by atoms with Crippen molar-refractivity contribution in [3.05, 3.63) is 47.6 Å². The second kappa shape index (κ2) is 6.98. The lowest BCUT2D eigenvalue weighted by atomic mass is 10.1. The minimum absolute atomic E-state index is 0.0195. The van der Waals surface area contributed by atoms with Gasteiger partial charge in [0.15, 0.2) is 0 Å². The SMILES string of the molecule is OCCC#Cc1cc(CSc2ncco2)ccc1F. The zero-order valence-electron chi connectivity index (χ0n) is 10.1. The number of hydrogen-bond donors (Lipinski definition) is 1. The maximum atomic E-state index is 13.5. The molecule has 19 heavy (non-hydrogen) atoms. The van der Waals surface area contributed by atoms with Crippen molar-refractivity contribution in [2.24, 2.45) is 0 Å². The van der Waals surface area contributed by atoms with Crippen LogP contribution in [-0.4, -0.2) is 16.7 Å². The second-order valence-corrected chi connectivity index (χ2v) is 4.60. The lowest BCUT2D eigenvalue weighted by Gasteiger charge is -2.01. The van der Waals surface area contributed by atoms with Crippen LogP contribution in [0.3, 0.4) is 0 Å². The predicted octanol–water partition coefficient (Wildman–Crippen LogP) is 2.84. The minimum atomic E-state index is -0.352. The van der Waals surface area contributed by atoms with Gasteiger partial charge in [-0.15, -0.1) is 0 Å². The summed E-state index contributed by atoms with van der Waals surface area (Å²) in [5.74, 6) is 5.71. The van der Waals surface area contributed by atoms with E-state index in [2.05, 4.69) is 16.8 Å². The van der Waals surface area contributed by atoms with Crippen molar-refractivity contribution >= 4 is 11.8 Å². The van der Waals surface area contributed by atoms with Gasteiger partial charge in [-0.25, -0.2) is 9.37 Å². The molecule has 3 nitrogen and oxygen atoms in total. The van der Waals surface area contributed by atoms with Crippen LogP contribution < -0.4 is 0 Å². The van der Waals surface area contributed by atoms with Gasteiger partial charge in [0.1, 0.15) is 12.1 Å². The number of halogens is 1. The summed E-state index contributed by atoms with van der Waals surface area (Å²) in [6, 6.07) is 4.81. The molecule has 0 fully saturated rings. The summed E-state index contributed by atoms with van der Waals surface area (Å²) in [6.45, 7) is -0.0195. The highest BCUT2D eigenvalue weighted by molar-refractivity contribution is 7.98. The molecular formula is C14H12FNO2S. The molecule has 0 aliphatic heterocycles. The maximum Gasteiger partial charge on any atom is 0.255 e. The highest BCUT2D eigenvalue weighted by atomic mass is 32.2. The molecule has 98 valence electrons. The molecule has 0 amide bonds. The van der Waals surface area contributed by atoms with Crippen molar-refractivity contribution < 1.29 is 13.9 Å². The van der Waals surface area contributed by atoms with Gasteiger partial charge in [-0.1, -0.05) is 29.7 Å². The van der Waals surface area contributed by atoms with Crippen LogP contribution in [-0.2, 0) is 5.75 Å². The average molecular weight is 277 g/mol. The Hall–Kier alpha value is -1.77. The Morgan fingerprint density at radius 1 is 1.42 bits per heavy atom. The Morgan fingerprint density at radius 3 is 3.05 bits per heavy atom. The van der Waals surface area contributed by atoms with E-state index in [0.29, 0.717) is 23.0 Å². The summed E-state index contributed by atoms with van der Waals surface area (Å²) in [6.07, 6.45) is 3.44. The number of benzene rings is 1. The number of aliphatic hydroxyl groups excluding tert-OH is 1. The van der Waals surface area contributed by atoms with Crippen molar-refractivity contribution in [3.8, 4) is 11.8 Å². The third-order valence-corrected chi connectivity index (χ3v) is 3.19. The zero-order chi connectivity index (χ0) is 13.5. The molecule has 0 spiro atoms. The molecule has 5 heteroatoms. The Morgan fingerprint density at radius 2 is 2.32 bits per heavy atom. The van der Waals surface area contributed by atoms with Gasteiger partial charge in [-0.2, -0.15) is 0 Å². The van der Waals surface area contributed by atoms with Crippen LogP contribution in [0.1, 0.15) is 17.5 Å². The Balaban J connectivity index is 2.06. The molecule has 0 aliphatic carbocycles. The largest absolute Gasteiger partial charge is 0.440 e. The fourth-order valence-corrected chi connectivity index (χ4v) is 2.13. The molecule has 2 rings (SSSR count). The minimum Gasteiger partial charge on any atom is -0.440 e. The highest BCUT2D eigenvalue weighted by Crippen LogP contribution is 2.21. The molecule has 1 N–H and O–H groups in total. The quantitative estimate of drug-likeness (QED) is 0.689. The topological polar surface area (TPSA) is 46.3 Å². The summed E-state index contributed by atoms with van der Waals surface area (Å²) >= 11 is 1.43. The van der Waals surface area contributed by atoms with E-state index in [1.54, 1.807) is 18.3 Å². The van der Waals surface area contributed by atoms with E-state index in [1.807, 2.05) is 0 Å². The molecule has 0 bridgehead atoms. The Kier molecular flexibility index (Phi) is 5.01. The van der Waals surface area contributed by atoms with Crippen LogP contribution in [0.5, 0.6) is 0 Å². The molecule has 0 unspecified atom stereocenters. The van der Waals surface area contributed by atoms with Crippen LogP contribution in [0.2, 0.25) is 0 Å². The van der Waals surface area contributed by atoms with Crippen LogP contribution in [0, 0.1) is 17.7 Å². The van der Waals surface area contributed by atoms with Gasteiger partial charge in [0.05, 0.1) is 18.4 Å². The lowest BCUT2D eigenvalue weighted by Crippen LogP contribution is -1.88. The normalized spacial score (nSPS) is 10.0. The monoisotopic (exact) mass is 277 g/mol. The van der Waals surface area contributed by atoms with E-state index >= 15 is 0 Å². The number of aromatic nitrogens is 1. The first-order valence-corrected chi connectivity index (χ1v) is 6.68. The number of aliphatic hydroxyl groups is 1. The van der Waals surface area contributed by atoms with E-state index in [1.165, 1.54) is 24.1 Å². The summed E-state index contributed by atoms with van der Waals surface area (Å²) in [5.41, 5.74) is 1.29. The van der Waals surface area contributed by atoms with Crippen LogP contribution in [0.15, 0.2) is 40.3 Å². The number of rotatable bonds is 4. The van der Waals surface area contributed by atoms with E-state index in [4.69, 9.17) is 9.52 Å². The number of nitrogens with zero attached hydrogens (tertiary/aromatic N) is 1. The van der Waals surface area contributed by atoms with Gasteiger partial charge in [0, 0.05) is 12.2 Å². The smallest absolute Gasteiger partial charge is 0.255 e. The van der Waals surface area contributed by atoms with E-state index < -0.39 is 0 Å².